The molecule has 0 spiro atoms. The number of aryl methyl sites for hydroxylation is 2. The molecule has 2 aromatic rings. The Morgan fingerprint density at radius 2 is 2.00 bits per heavy atom. The predicted octanol–water partition coefficient (Wildman–Crippen LogP) is 1.90. The topological polar surface area (TPSA) is 41.4 Å². The first-order valence-corrected chi connectivity index (χ1v) is 8.10. The van der Waals surface area contributed by atoms with Crippen LogP contribution in [-0.4, -0.2) is 58.2 Å². The molecular weight excluding hydrogens is 276 g/mol. The molecule has 5 nitrogen and oxygen atoms in total. The number of carbonyl (C=O) groups is 1. The number of hydrogen-bond acceptors (Lipinski definition) is 3. The zero-order chi connectivity index (χ0) is 15.5. The van der Waals surface area contributed by atoms with Crippen molar-refractivity contribution in [3.05, 3.63) is 30.0 Å². The van der Waals surface area contributed by atoms with Crippen LogP contribution in [0.5, 0.6) is 0 Å². The third kappa shape index (κ3) is 2.99. The van der Waals surface area contributed by atoms with Crippen molar-refractivity contribution in [2.24, 2.45) is 0 Å². The molecule has 1 aromatic heterocycles. The highest BCUT2D eigenvalue weighted by Crippen LogP contribution is 2.18. The fourth-order valence-electron chi connectivity index (χ4n) is 3.10. The molecule has 1 aliphatic rings. The Labute approximate surface area is 131 Å². The molecule has 22 heavy (non-hydrogen) atoms. The molecule has 3 rings (SSSR count). The number of aromatic nitrogens is 2. The molecule has 0 aliphatic carbocycles. The fourth-order valence-corrected chi connectivity index (χ4v) is 3.10. The Kier molecular flexibility index (Phi) is 4.43. The summed E-state index contributed by atoms with van der Waals surface area (Å²) in [6, 6.07) is 6.20. The maximum atomic E-state index is 12.4. The van der Waals surface area contributed by atoms with Gasteiger partial charge in [-0.05, 0) is 25.1 Å². The molecule has 5 heteroatoms. The van der Waals surface area contributed by atoms with Crippen LogP contribution in [0.3, 0.4) is 0 Å². The molecule has 0 saturated carbocycles. The van der Waals surface area contributed by atoms with Crippen LogP contribution in [0.25, 0.3) is 10.9 Å². The van der Waals surface area contributed by atoms with E-state index in [0.29, 0.717) is 13.0 Å². The number of likely N-dealkylation sites (N-methyl/N-ethyl adjacent to an activating group) is 1. The van der Waals surface area contributed by atoms with Crippen molar-refractivity contribution in [3.8, 4) is 0 Å². The van der Waals surface area contributed by atoms with E-state index in [1.807, 2.05) is 21.8 Å². The summed E-state index contributed by atoms with van der Waals surface area (Å²) in [7, 11) is 0. The number of rotatable bonds is 4. The molecule has 1 saturated heterocycles. The second-order valence-corrected chi connectivity index (χ2v) is 5.94. The van der Waals surface area contributed by atoms with Gasteiger partial charge in [0.05, 0.1) is 18.3 Å². The lowest BCUT2D eigenvalue weighted by Gasteiger charge is -2.34. The van der Waals surface area contributed by atoms with Crippen LogP contribution in [-0.2, 0) is 11.3 Å². The fraction of sp³-hybridized carbons (Fsp3) is 0.529. The van der Waals surface area contributed by atoms with Crippen LogP contribution < -0.4 is 0 Å². The van der Waals surface area contributed by atoms with Crippen LogP contribution in [0, 0.1) is 6.92 Å². The standard InChI is InChI=1S/C17H24N4O/c1-3-19-9-11-20(12-10-19)17(22)7-8-21-16-6-4-5-14(2)15(16)13-18-21/h4-6,13H,3,7-12H2,1-2H3. The molecule has 1 aromatic carbocycles. The number of hydrogen-bond donors (Lipinski definition) is 0. The monoisotopic (exact) mass is 300 g/mol. The number of fused-ring (bicyclic) bond motifs is 1. The van der Waals surface area contributed by atoms with Crippen LogP contribution in [0.2, 0.25) is 0 Å². The van der Waals surface area contributed by atoms with Gasteiger partial charge in [-0.3, -0.25) is 9.48 Å². The number of piperazine rings is 1. The average Bonchev–Trinajstić information content (AvgIpc) is 2.97. The van der Waals surface area contributed by atoms with Gasteiger partial charge >= 0.3 is 0 Å². The minimum absolute atomic E-state index is 0.243. The lowest BCUT2D eigenvalue weighted by molar-refractivity contribution is -0.133. The van der Waals surface area contributed by atoms with Gasteiger partial charge in [0.1, 0.15) is 0 Å². The van der Waals surface area contributed by atoms with Gasteiger partial charge in [0.25, 0.3) is 0 Å². The van der Waals surface area contributed by atoms with E-state index in [-0.39, 0.29) is 5.91 Å². The van der Waals surface area contributed by atoms with Crippen molar-refractivity contribution in [1.82, 2.24) is 19.6 Å². The molecule has 0 N–H and O–H groups in total. The number of amides is 1. The van der Waals surface area contributed by atoms with Crippen molar-refractivity contribution >= 4 is 16.8 Å². The van der Waals surface area contributed by atoms with Crippen molar-refractivity contribution in [1.29, 1.82) is 0 Å². The summed E-state index contributed by atoms with van der Waals surface area (Å²) < 4.78 is 1.95. The van der Waals surface area contributed by atoms with E-state index in [0.717, 1.165) is 38.2 Å². The summed E-state index contributed by atoms with van der Waals surface area (Å²) in [4.78, 5) is 16.7. The first-order chi connectivity index (χ1) is 10.7. The summed E-state index contributed by atoms with van der Waals surface area (Å²) in [6.45, 7) is 9.67. The largest absolute Gasteiger partial charge is 0.340 e. The van der Waals surface area contributed by atoms with Crippen LogP contribution in [0.4, 0.5) is 0 Å². The number of nitrogens with zero attached hydrogens (tertiary/aromatic N) is 4. The Morgan fingerprint density at radius 1 is 1.23 bits per heavy atom. The van der Waals surface area contributed by atoms with E-state index in [4.69, 9.17) is 0 Å². The van der Waals surface area contributed by atoms with E-state index in [9.17, 15) is 4.79 Å². The molecule has 0 radical (unpaired) electrons. The zero-order valence-corrected chi connectivity index (χ0v) is 13.5. The molecule has 0 bridgehead atoms. The van der Waals surface area contributed by atoms with Gasteiger partial charge < -0.3 is 9.80 Å². The first kappa shape index (κ1) is 15.0. The third-order valence-corrected chi connectivity index (χ3v) is 4.62. The van der Waals surface area contributed by atoms with Crippen LogP contribution in [0.1, 0.15) is 18.9 Å². The SMILES string of the molecule is CCN1CCN(C(=O)CCn2ncc3c(C)cccc32)CC1. The van der Waals surface area contributed by atoms with Gasteiger partial charge in [-0.2, -0.15) is 5.10 Å². The van der Waals surface area contributed by atoms with Crippen molar-refractivity contribution in [3.63, 3.8) is 0 Å². The van der Waals surface area contributed by atoms with Gasteiger partial charge in [-0.1, -0.05) is 19.1 Å². The molecule has 1 amide bonds. The Morgan fingerprint density at radius 3 is 2.73 bits per heavy atom. The summed E-state index contributed by atoms with van der Waals surface area (Å²) in [5.74, 6) is 0.243. The number of carbonyl (C=O) groups excluding carboxylic acids is 1. The van der Waals surface area contributed by atoms with Crippen molar-refractivity contribution in [2.75, 3.05) is 32.7 Å². The van der Waals surface area contributed by atoms with Crippen molar-refractivity contribution in [2.45, 2.75) is 26.8 Å². The van der Waals surface area contributed by atoms with Crippen LogP contribution in [0.15, 0.2) is 24.4 Å². The highest BCUT2D eigenvalue weighted by Gasteiger charge is 2.20. The van der Waals surface area contributed by atoms with E-state index < -0.39 is 0 Å². The second-order valence-electron chi connectivity index (χ2n) is 5.94. The molecular formula is C17H24N4O. The third-order valence-electron chi connectivity index (χ3n) is 4.62. The maximum absolute atomic E-state index is 12.4. The summed E-state index contributed by atoms with van der Waals surface area (Å²) in [6.07, 6.45) is 2.42. The number of benzene rings is 1. The maximum Gasteiger partial charge on any atom is 0.224 e. The molecule has 2 heterocycles. The zero-order valence-electron chi connectivity index (χ0n) is 13.5. The highest BCUT2D eigenvalue weighted by molar-refractivity contribution is 5.82. The molecule has 1 fully saturated rings. The van der Waals surface area contributed by atoms with Gasteiger partial charge in [-0.15, -0.1) is 0 Å². The summed E-state index contributed by atoms with van der Waals surface area (Å²) in [5.41, 5.74) is 2.34. The average molecular weight is 300 g/mol. The Balaban J connectivity index is 1.60. The molecule has 0 atom stereocenters. The van der Waals surface area contributed by atoms with Crippen LogP contribution >= 0.6 is 0 Å². The van der Waals surface area contributed by atoms with E-state index in [1.165, 1.54) is 10.9 Å². The minimum Gasteiger partial charge on any atom is -0.340 e. The lowest BCUT2D eigenvalue weighted by Crippen LogP contribution is -2.48. The van der Waals surface area contributed by atoms with Crippen molar-refractivity contribution < 1.29 is 4.79 Å². The Hall–Kier alpha value is -1.88. The first-order valence-electron chi connectivity index (χ1n) is 8.10. The van der Waals surface area contributed by atoms with Gasteiger partial charge in [0.2, 0.25) is 5.91 Å². The molecule has 1 aliphatic heterocycles. The summed E-state index contributed by atoms with van der Waals surface area (Å²) in [5, 5.41) is 5.61. The molecule has 118 valence electrons. The smallest absolute Gasteiger partial charge is 0.224 e. The van der Waals surface area contributed by atoms with Gasteiger partial charge in [-0.25, -0.2) is 0 Å². The predicted molar refractivity (Wildman–Crippen MR) is 87.8 cm³/mol. The summed E-state index contributed by atoms with van der Waals surface area (Å²) >= 11 is 0. The highest BCUT2D eigenvalue weighted by atomic mass is 16.2. The minimum atomic E-state index is 0.243. The quantitative estimate of drug-likeness (QED) is 0.866. The van der Waals surface area contributed by atoms with E-state index in [1.54, 1.807) is 0 Å². The van der Waals surface area contributed by atoms with Gasteiger partial charge in [0.15, 0.2) is 0 Å². The molecule has 0 unspecified atom stereocenters. The second kappa shape index (κ2) is 6.48. The normalized spacial score (nSPS) is 16.4. The Bertz CT molecular complexity index is 656. The van der Waals surface area contributed by atoms with E-state index >= 15 is 0 Å². The lowest BCUT2D eigenvalue weighted by atomic mass is 10.1. The van der Waals surface area contributed by atoms with E-state index in [2.05, 4.69) is 36.0 Å². The van der Waals surface area contributed by atoms with Gasteiger partial charge in [0, 0.05) is 38.0 Å².